The van der Waals surface area contributed by atoms with Crippen LogP contribution in [0, 0.1) is 16.7 Å². The van der Waals surface area contributed by atoms with Crippen molar-refractivity contribution in [3.05, 3.63) is 0 Å². The highest BCUT2D eigenvalue weighted by Gasteiger charge is 2.50. The van der Waals surface area contributed by atoms with Gasteiger partial charge in [-0.2, -0.15) is 0 Å². The van der Waals surface area contributed by atoms with Crippen LogP contribution in [0.4, 0.5) is 0 Å². The summed E-state index contributed by atoms with van der Waals surface area (Å²) in [5, 5.41) is 0. The Balaban J connectivity index is 2.80. The Morgan fingerprint density at radius 1 is 1.00 bits per heavy atom. The Labute approximate surface area is 140 Å². The van der Waals surface area contributed by atoms with Crippen LogP contribution in [0.5, 0.6) is 0 Å². The lowest BCUT2D eigenvalue weighted by Gasteiger charge is -2.54. The van der Waals surface area contributed by atoms with Gasteiger partial charge < -0.3 is 4.74 Å². The van der Waals surface area contributed by atoms with Gasteiger partial charge in [0.25, 0.3) is 0 Å². The van der Waals surface area contributed by atoms with Gasteiger partial charge in [-0.15, -0.1) is 0 Å². The number of rotatable bonds is 9. The van der Waals surface area contributed by atoms with Crippen LogP contribution in [-0.2, 0) is 4.74 Å². The predicted octanol–water partition coefficient (Wildman–Crippen LogP) is 5.36. The Kier molecular flexibility index (Phi) is 6.95. The van der Waals surface area contributed by atoms with Crippen molar-refractivity contribution in [2.24, 2.45) is 16.7 Å². The quantitative estimate of drug-likeness (QED) is 0.568. The first-order valence-corrected chi connectivity index (χ1v) is 9.41. The van der Waals surface area contributed by atoms with E-state index in [4.69, 9.17) is 4.74 Å². The Hall–Kier alpha value is -0.0800. The van der Waals surface area contributed by atoms with Crippen molar-refractivity contribution in [1.82, 2.24) is 4.90 Å². The summed E-state index contributed by atoms with van der Waals surface area (Å²) in [5.41, 5.74) is 0.731. The van der Waals surface area contributed by atoms with Gasteiger partial charge in [0.15, 0.2) is 0 Å². The molecule has 22 heavy (non-hydrogen) atoms. The SMILES string of the molecule is CCC1(C(C)(C)CC(C)N(C(C)C)C(C)CC(C)C)COC1. The molecule has 2 nitrogen and oxygen atoms in total. The van der Waals surface area contributed by atoms with Gasteiger partial charge >= 0.3 is 0 Å². The average Bonchev–Trinajstić information content (AvgIpc) is 2.24. The van der Waals surface area contributed by atoms with Crippen LogP contribution in [0.25, 0.3) is 0 Å². The molecular formula is C20H41NO. The van der Waals surface area contributed by atoms with Crippen molar-refractivity contribution in [3.8, 4) is 0 Å². The maximum Gasteiger partial charge on any atom is 0.0549 e. The van der Waals surface area contributed by atoms with Gasteiger partial charge in [0.05, 0.1) is 13.2 Å². The average molecular weight is 312 g/mol. The highest BCUT2D eigenvalue weighted by molar-refractivity contribution is 4.98. The van der Waals surface area contributed by atoms with Gasteiger partial charge in [-0.1, -0.05) is 34.6 Å². The minimum absolute atomic E-state index is 0.337. The summed E-state index contributed by atoms with van der Waals surface area (Å²) in [6.45, 7) is 23.4. The Morgan fingerprint density at radius 2 is 1.55 bits per heavy atom. The van der Waals surface area contributed by atoms with E-state index in [2.05, 4.69) is 67.2 Å². The van der Waals surface area contributed by atoms with Crippen molar-refractivity contribution in [2.45, 2.75) is 99.7 Å². The summed E-state index contributed by atoms with van der Waals surface area (Å²) in [5.74, 6) is 0.762. The van der Waals surface area contributed by atoms with Crippen LogP contribution >= 0.6 is 0 Å². The molecule has 0 aromatic carbocycles. The molecule has 1 aliphatic rings. The maximum atomic E-state index is 5.59. The minimum Gasteiger partial charge on any atom is -0.380 e. The third kappa shape index (κ3) is 4.26. The molecule has 2 heteroatoms. The van der Waals surface area contributed by atoms with Gasteiger partial charge in [0.1, 0.15) is 0 Å². The first-order valence-electron chi connectivity index (χ1n) is 9.41. The number of ether oxygens (including phenoxy) is 1. The molecule has 0 spiro atoms. The van der Waals surface area contributed by atoms with Crippen LogP contribution in [0.1, 0.15) is 81.6 Å². The highest BCUT2D eigenvalue weighted by atomic mass is 16.5. The largest absolute Gasteiger partial charge is 0.380 e. The molecular weight excluding hydrogens is 270 g/mol. The molecule has 0 aliphatic carbocycles. The maximum absolute atomic E-state index is 5.59. The lowest BCUT2D eigenvalue weighted by atomic mass is 9.60. The zero-order chi connectivity index (χ0) is 17.1. The fraction of sp³-hybridized carbons (Fsp3) is 1.00. The molecule has 0 N–H and O–H groups in total. The van der Waals surface area contributed by atoms with E-state index >= 15 is 0 Å². The highest BCUT2D eigenvalue weighted by Crippen LogP contribution is 2.50. The molecule has 1 heterocycles. The fourth-order valence-corrected chi connectivity index (χ4v) is 4.74. The second-order valence-corrected chi connectivity index (χ2v) is 9.08. The number of hydrogen-bond donors (Lipinski definition) is 0. The van der Waals surface area contributed by atoms with E-state index < -0.39 is 0 Å². The summed E-state index contributed by atoms with van der Waals surface area (Å²) >= 11 is 0. The molecule has 2 unspecified atom stereocenters. The van der Waals surface area contributed by atoms with Crippen molar-refractivity contribution in [3.63, 3.8) is 0 Å². The molecule has 1 rings (SSSR count). The van der Waals surface area contributed by atoms with E-state index in [1.54, 1.807) is 0 Å². The van der Waals surface area contributed by atoms with Crippen LogP contribution in [0.2, 0.25) is 0 Å². The second kappa shape index (κ2) is 7.66. The second-order valence-electron chi connectivity index (χ2n) is 9.08. The standard InChI is InChI=1S/C20H41NO/c1-10-20(13-22-14-20)19(8,9)12-18(7)21(16(4)5)17(6)11-15(2)3/h15-18H,10-14H2,1-9H3. The molecule has 0 radical (unpaired) electrons. The molecule has 0 aromatic heterocycles. The first-order chi connectivity index (χ1) is 10.1. The zero-order valence-corrected chi connectivity index (χ0v) is 16.7. The van der Waals surface area contributed by atoms with Crippen molar-refractivity contribution in [2.75, 3.05) is 13.2 Å². The molecule has 0 amide bonds. The van der Waals surface area contributed by atoms with E-state index in [0.29, 0.717) is 29.0 Å². The Morgan fingerprint density at radius 3 is 1.86 bits per heavy atom. The molecule has 1 fully saturated rings. The van der Waals surface area contributed by atoms with Crippen LogP contribution < -0.4 is 0 Å². The Bertz CT molecular complexity index is 325. The first kappa shape index (κ1) is 20.0. The van der Waals surface area contributed by atoms with E-state index in [1.807, 2.05) is 0 Å². The minimum atomic E-state index is 0.337. The molecule has 2 atom stereocenters. The molecule has 132 valence electrons. The lowest BCUT2D eigenvalue weighted by Crippen LogP contribution is -2.55. The van der Waals surface area contributed by atoms with Gasteiger partial charge in [0.2, 0.25) is 0 Å². The van der Waals surface area contributed by atoms with Gasteiger partial charge in [-0.25, -0.2) is 0 Å². The van der Waals surface area contributed by atoms with Gasteiger partial charge in [-0.05, 0) is 58.3 Å². The monoisotopic (exact) mass is 311 g/mol. The van der Waals surface area contributed by atoms with Crippen LogP contribution in [0.3, 0.4) is 0 Å². The summed E-state index contributed by atoms with van der Waals surface area (Å²) in [6.07, 6.45) is 3.77. The zero-order valence-electron chi connectivity index (χ0n) is 16.7. The summed E-state index contributed by atoms with van der Waals surface area (Å²) in [7, 11) is 0. The summed E-state index contributed by atoms with van der Waals surface area (Å²) in [4.78, 5) is 2.74. The van der Waals surface area contributed by atoms with E-state index in [9.17, 15) is 0 Å². The molecule has 0 saturated carbocycles. The lowest BCUT2D eigenvalue weighted by molar-refractivity contribution is -0.184. The number of nitrogens with zero attached hydrogens (tertiary/aromatic N) is 1. The molecule has 1 saturated heterocycles. The van der Waals surface area contributed by atoms with Gasteiger partial charge in [-0.3, -0.25) is 4.90 Å². The topological polar surface area (TPSA) is 12.5 Å². The van der Waals surface area contributed by atoms with Crippen molar-refractivity contribution >= 4 is 0 Å². The smallest absolute Gasteiger partial charge is 0.0549 e. The van der Waals surface area contributed by atoms with E-state index in [0.717, 1.165) is 19.1 Å². The third-order valence-corrected chi connectivity index (χ3v) is 6.10. The molecule has 0 bridgehead atoms. The predicted molar refractivity (Wildman–Crippen MR) is 97.3 cm³/mol. The van der Waals surface area contributed by atoms with Crippen molar-refractivity contribution in [1.29, 1.82) is 0 Å². The van der Waals surface area contributed by atoms with Crippen molar-refractivity contribution < 1.29 is 4.74 Å². The molecule has 1 aliphatic heterocycles. The summed E-state index contributed by atoms with van der Waals surface area (Å²) < 4.78 is 5.59. The fourth-order valence-electron chi connectivity index (χ4n) is 4.74. The third-order valence-electron chi connectivity index (χ3n) is 6.10. The number of hydrogen-bond acceptors (Lipinski definition) is 2. The van der Waals surface area contributed by atoms with E-state index in [1.165, 1.54) is 19.3 Å². The summed E-state index contributed by atoms with van der Waals surface area (Å²) in [6, 6.07) is 1.88. The molecule has 0 aromatic rings. The van der Waals surface area contributed by atoms with Crippen LogP contribution in [-0.4, -0.2) is 36.2 Å². The van der Waals surface area contributed by atoms with Crippen LogP contribution in [0.15, 0.2) is 0 Å². The van der Waals surface area contributed by atoms with Gasteiger partial charge in [0, 0.05) is 23.5 Å². The normalized spacial score (nSPS) is 21.3. The van der Waals surface area contributed by atoms with E-state index in [-0.39, 0.29) is 0 Å².